The Morgan fingerprint density at radius 2 is 1.48 bits per heavy atom. The van der Waals surface area contributed by atoms with E-state index in [9.17, 15) is 19.2 Å². The highest BCUT2D eigenvalue weighted by atomic mass is 16.5. The van der Waals surface area contributed by atoms with Crippen LogP contribution in [0.25, 0.3) is 0 Å². The first-order valence-electron chi connectivity index (χ1n) is 9.34. The molecule has 0 bridgehead atoms. The molecule has 2 aliphatic heterocycles. The Hall–Kier alpha value is -3.32. The van der Waals surface area contributed by atoms with Crippen LogP contribution in [-0.2, 0) is 9.59 Å². The maximum absolute atomic E-state index is 13.4. The second-order valence-corrected chi connectivity index (χ2v) is 7.64. The lowest BCUT2D eigenvalue weighted by Crippen LogP contribution is -2.58. The number of hydrogen-bond donors (Lipinski definition) is 0. The lowest BCUT2D eigenvalue weighted by Gasteiger charge is -2.32. The first kappa shape index (κ1) is 17.8. The molecule has 2 fully saturated rings. The van der Waals surface area contributed by atoms with Crippen LogP contribution in [-0.4, -0.2) is 54.5 Å². The van der Waals surface area contributed by atoms with Crippen molar-refractivity contribution in [3.05, 3.63) is 59.7 Å². The number of Topliss-reactive ketones (excluding diaryl/α,β-unsaturated/α-hetero) is 2. The summed E-state index contributed by atoms with van der Waals surface area (Å²) in [5.41, 5.74) is -0.618. The van der Waals surface area contributed by atoms with Crippen molar-refractivity contribution >= 4 is 29.1 Å². The van der Waals surface area contributed by atoms with Gasteiger partial charge < -0.3 is 4.74 Å². The van der Waals surface area contributed by atoms with E-state index >= 15 is 0 Å². The standard InChI is InChI=1S/C22H18N2O5/c1-23-11-16-17(22(23)18(25)14-5-3-4-6-15(14)19(22)26)21(28)24(20(16)27)12-7-9-13(29-2)10-8-12/h3-10,16-17H,11H2,1-2H3. The molecule has 146 valence electrons. The van der Waals surface area contributed by atoms with Gasteiger partial charge in [0.25, 0.3) is 0 Å². The molecule has 29 heavy (non-hydrogen) atoms. The van der Waals surface area contributed by atoms with E-state index in [1.54, 1.807) is 60.5 Å². The minimum Gasteiger partial charge on any atom is -0.497 e. The average molecular weight is 390 g/mol. The fourth-order valence-electron chi connectivity index (χ4n) is 5.07. The van der Waals surface area contributed by atoms with Gasteiger partial charge in [0.05, 0.1) is 24.6 Å². The molecular formula is C22H18N2O5. The molecule has 2 atom stereocenters. The zero-order valence-corrected chi connectivity index (χ0v) is 15.9. The number of nitrogens with zero attached hydrogens (tertiary/aromatic N) is 2. The van der Waals surface area contributed by atoms with E-state index in [0.29, 0.717) is 22.6 Å². The summed E-state index contributed by atoms with van der Waals surface area (Å²) < 4.78 is 5.13. The minimum atomic E-state index is -1.65. The summed E-state index contributed by atoms with van der Waals surface area (Å²) in [6.07, 6.45) is 0. The number of likely N-dealkylation sites (N-methyl/N-ethyl adjacent to an activating group) is 1. The number of benzene rings is 2. The lowest BCUT2D eigenvalue weighted by atomic mass is 9.77. The van der Waals surface area contributed by atoms with Crippen molar-refractivity contribution in [3.8, 4) is 5.75 Å². The summed E-state index contributed by atoms with van der Waals surface area (Å²) in [5, 5.41) is 0. The van der Waals surface area contributed by atoms with Gasteiger partial charge in [0.1, 0.15) is 5.75 Å². The molecule has 2 aromatic rings. The summed E-state index contributed by atoms with van der Waals surface area (Å²) in [7, 11) is 3.17. The number of carbonyl (C=O) groups is 4. The first-order chi connectivity index (χ1) is 13.9. The third-order valence-electron chi connectivity index (χ3n) is 6.39. The number of amides is 2. The molecule has 2 unspecified atom stereocenters. The molecule has 2 saturated heterocycles. The number of ether oxygens (including phenoxy) is 1. The zero-order valence-electron chi connectivity index (χ0n) is 15.9. The minimum absolute atomic E-state index is 0.174. The van der Waals surface area contributed by atoms with E-state index in [0.717, 1.165) is 4.90 Å². The summed E-state index contributed by atoms with van der Waals surface area (Å²) in [6.45, 7) is 0.174. The number of ketones is 2. The fraction of sp³-hybridized carbons (Fsp3) is 0.273. The molecular weight excluding hydrogens is 372 g/mol. The van der Waals surface area contributed by atoms with Crippen LogP contribution >= 0.6 is 0 Å². The van der Waals surface area contributed by atoms with Gasteiger partial charge >= 0.3 is 0 Å². The molecule has 7 heteroatoms. The third kappa shape index (κ3) is 2.00. The summed E-state index contributed by atoms with van der Waals surface area (Å²) >= 11 is 0. The van der Waals surface area contributed by atoms with Crippen molar-refractivity contribution in [2.24, 2.45) is 11.8 Å². The van der Waals surface area contributed by atoms with E-state index < -0.39 is 34.8 Å². The molecule has 2 aromatic carbocycles. The van der Waals surface area contributed by atoms with Gasteiger partial charge in [0.15, 0.2) is 17.1 Å². The summed E-state index contributed by atoms with van der Waals surface area (Å²) in [6, 6.07) is 13.2. The normalized spacial score (nSPS) is 25.1. The monoisotopic (exact) mass is 390 g/mol. The van der Waals surface area contributed by atoms with Gasteiger partial charge in [-0.15, -0.1) is 0 Å². The van der Waals surface area contributed by atoms with E-state index in [2.05, 4.69) is 0 Å². The quantitative estimate of drug-likeness (QED) is 0.572. The van der Waals surface area contributed by atoms with Gasteiger partial charge in [-0.05, 0) is 31.3 Å². The van der Waals surface area contributed by atoms with Gasteiger partial charge in [-0.1, -0.05) is 24.3 Å². The van der Waals surface area contributed by atoms with Crippen molar-refractivity contribution < 1.29 is 23.9 Å². The van der Waals surface area contributed by atoms with Gasteiger partial charge in [-0.25, -0.2) is 4.90 Å². The Balaban J connectivity index is 1.62. The summed E-state index contributed by atoms with van der Waals surface area (Å²) in [4.78, 5) is 56.1. The number of imide groups is 1. The molecule has 2 amide bonds. The molecule has 0 aromatic heterocycles. The van der Waals surface area contributed by atoms with Gasteiger partial charge in [0.2, 0.25) is 11.8 Å². The van der Waals surface area contributed by atoms with Crippen molar-refractivity contribution in [3.63, 3.8) is 0 Å². The lowest BCUT2D eigenvalue weighted by molar-refractivity contribution is -0.123. The van der Waals surface area contributed by atoms with Crippen LogP contribution in [0.1, 0.15) is 20.7 Å². The predicted octanol–water partition coefficient (Wildman–Crippen LogP) is 1.56. The highest BCUT2D eigenvalue weighted by Crippen LogP contribution is 2.51. The molecule has 1 spiro atoms. The van der Waals surface area contributed by atoms with Crippen LogP contribution in [0.3, 0.4) is 0 Å². The number of fused-ring (bicyclic) bond motifs is 3. The molecule has 1 aliphatic carbocycles. The molecule has 2 heterocycles. The zero-order chi connectivity index (χ0) is 20.5. The molecule has 7 nitrogen and oxygen atoms in total. The van der Waals surface area contributed by atoms with Crippen LogP contribution in [0.4, 0.5) is 5.69 Å². The Kier molecular flexibility index (Phi) is 3.58. The van der Waals surface area contributed by atoms with Crippen molar-refractivity contribution in [2.45, 2.75) is 5.54 Å². The van der Waals surface area contributed by atoms with Crippen LogP contribution in [0.2, 0.25) is 0 Å². The Bertz CT molecular complexity index is 1060. The van der Waals surface area contributed by atoms with E-state index in [1.165, 1.54) is 7.11 Å². The second-order valence-electron chi connectivity index (χ2n) is 7.64. The number of rotatable bonds is 2. The summed E-state index contributed by atoms with van der Waals surface area (Å²) in [5.74, 6) is -2.86. The topological polar surface area (TPSA) is 84.0 Å². The number of hydrogen-bond acceptors (Lipinski definition) is 6. The van der Waals surface area contributed by atoms with E-state index in [4.69, 9.17) is 4.74 Å². The first-order valence-corrected chi connectivity index (χ1v) is 9.34. The maximum Gasteiger partial charge on any atom is 0.240 e. The average Bonchev–Trinajstić information content (AvgIpc) is 3.26. The molecule has 0 radical (unpaired) electrons. The fourth-order valence-corrected chi connectivity index (χ4v) is 5.07. The Morgan fingerprint density at radius 1 is 0.897 bits per heavy atom. The van der Waals surface area contributed by atoms with Gasteiger partial charge in [0, 0.05) is 17.7 Å². The Morgan fingerprint density at radius 3 is 2.03 bits per heavy atom. The number of carbonyl (C=O) groups excluding carboxylic acids is 4. The van der Waals surface area contributed by atoms with Crippen LogP contribution in [0, 0.1) is 11.8 Å². The molecule has 3 aliphatic rings. The van der Waals surface area contributed by atoms with E-state index in [-0.39, 0.29) is 12.5 Å². The van der Waals surface area contributed by atoms with Crippen LogP contribution in [0.5, 0.6) is 5.75 Å². The van der Waals surface area contributed by atoms with Gasteiger partial charge in [-0.2, -0.15) is 0 Å². The highest BCUT2D eigenvalue weighted by molar-refractivity contribution is 6.37. The van der Waals surface area contributed by atoms with Crippen molar-refractivity contribution in [1.82, 2.24) is 4.90 Å². The molecule has 0 saturated carbocycles. The smallest absolute Gasteiger partial charge is 0.240 e. The van der Waals surface area contributed by atoms with Gasteiger partial charge in [-0.3, -0.25) is 24.1 Å². The maximum atomic E-state index is 13.4. The highest BCUT2D eigenvalue weighted by Gasteiger charge is 2.72. The predicted molar refractivity (Wildman–Crippen MR) is 103 cm³/mol. The van der Waals surface area contributed by atoms with Crippen LogP contribution < -0.4 is 9.64 Å². The number of anilines is 1. The van der Waals surface area contributed by atoms with Crippen LogP contribution in [0.15, 0.2) is 48.5 Å². The third-order valence-corrected chi connectivity index (χ3v) is 6.39. The SMILES string of the molecule is COc1ccc(N2C(=O)C3CN(C)C4(C(=O)c5ccccc5C4=O)C3C2=O)cc1. The number of likely N-dealkylation sites (tertiary alicyclic amines) is 1. The van der Waals surface area contributed by atoms with E-state index in [1.807, 2.05) is 0 Å². The number of methoxy groups -OCH3 is 1. The largest absolute Gasteiger partial charge is 0.497 e. The second kappa shape index (κ2) is 5.84. The van der Waals surface area contributed by atoms with Crippen molar-refractivity contribution in [1.29, 1.82) is 0 Å². The molecule has 5 rings (SSSR count). The Labute approximate surface area is 166 Å². The van der Waals surface area contributed by atoms with Crippen molar-refractivity contribution in [2.75, 3.05) is 25.6 Å². The molecule has 0 N–H and O–H groups in total.